The Labute approximate surface area is 141 Å². The maximum atomic E-state index is 9.25. The van der Waals surface area contributed by atoms with Crippen LogP contribution in [0.15, 0.2) is 12.7 Å². The van der Waals surface area contributed by atoms with Crippen LogP contribution in [-0.4, -0.2) is 41.3 Å². The van der Waals surface area contributed by atoms with Crippen molar-refractivity contribution in [2.75, 3.05) is 13.7 Å². The van der Waals surface area contributed by atoms with Crippen LogP contribution in [-0.2, 0) is 9.53 Å². The first-order valence-corrected chi connectivity index (χ1v) is 8.75. The number of aliphatic hydroxyl groups excluding tert-OH is 2. The van der Waals surface area contributed by atoms with Gasteiger partial charge in [-0.2, -0.15) is 0 Å². The van der Waals surface area contributed by atoms with E-state index in [2.05, 4.69) is 6.58 Å². The third-order valence-corrected chi connectivity index (χ3v) is 3.56. The van der Waals surface area contributed by atoms with Crippen molar-refractivity contribution in [3.63, 3.8) is 0 Å². The topological polar surface area (TPSA) is 87.0 Å². The van der Waals surface area contributed by atoms with Crippen molar-refractivity contribution in [1.29, 1.82) is 0 Å². The van der Waals surface area contributed by atoms with Gasteiger partial charge in [0.05, 0.1) is 0 Å². The first-order valence-electron chi connectivity index (χ1n) is 8.75. The van der Waals surface area contributed by atoms with E-state index in [0.29, 0.717) is 6.61 Å². The zero-order valence-electron chi connectivity index (χ0n) is 14.7. The summed E-state index contributed by atoms with van der Waals surface area (Å²) >= 11 is 0. The molecule has 1 unspecified atom stereocenters. The molecule has 5 nitrogen and oxygen atoms in total. The van der Waals surface area contributed by atoms with E-state index in [-0.39, 0.29) is 0 Å². The highest BCUT2D eigenvalue weighted by Crippen LogP contribution is 2.12. The van der Waals surface area contributed by atoms with Crippen LogP contribution in [0.25, 0.3) is 0 Å². The third kappa shape index (κ3) is 26.3. The third-order valence-electron chi connectivity index (χ3n) is 3.56. The lowest BCUT2D eigenvalue weighted by Crippen LogP contribution is -2.07. The lowest BCUT2D eigenvalue weighted by Gasteiger charge is -2.07. The summed E-state index contributed by atoms with van der Waals surface area (Å²) in [6.45, 7) is 3.31. The number of carbonyl (C=O) groups is 1. The summed E-state index contributed by atoms with van der Waals surface area (Å²) in [7, 11) is 1.55. The molecular formula is C18H36O5. The number of unbranched alkanes of at least 4 members (excludes halogenated alkanes) is 10. The number of hydrogen-bond donors (Lipinski definition) is 3. The summed E-state index contributed by atoms with van der Waals surface area (Å²) in [5.74, 6) is -0.981. The Bertz CT molecular complexity index is 256. The molecule has 0 rings (SSSR count). The van der Waals surface area contributed by atoms with Crippen molar-refractivity contribution in [2.24, 2.45) is 0 Å². The van der Waals surface area contributed by atoms with E-state index in [1.54, 1.807) is 7.11 Å². The van der Waals surface area contributed by atoms with Crippen LogP contribution < -0.4 is 0 Å². The van der Waals surface area contributed by atoms with Gasteiger partial charge in [-0.15, -0.1) is 0 Å². The molecule has 23 heavy (non-hydrogen) atoms. The van der Waals surface area contributed by atoms with Crippen molar-refractivity contribution in [1.82, 2.24) is 0 Å². The molecule has 3 N–H and O–H groups in total. The van der Waals surface area contributed by atoms with Crippen LogP contribution in [0.3, 0.4) is 0 Å². The number of aliphatic carboxylic acids is 1. The van der Waals surface area contributed by atoms with E-state index in [0.717, 1.165) is 25.3 Å². The summed E-state index contributed by atoms with van der Waals surface area (Å²) in [6.07, 6.45) is 14.7. The Morgan fingerprint density at radius 3 is 1.61 bits per heavy atom. The normalized spacial score (nSPS) is 11.4. The minimum absolute atomic E-state index is 0.345. The fraction of sp³-hybridized carbons (Fsp3) is 0.833. The molecule has 0 aromatic rings. The zero-order valence-corrected chi connectivity index (χ0v) is 14.7. The van der Waals surface area contributed by atoms with Gasteiger partial charge in [0.15, 0.2) is 6.29 Å². The quantitative estimate of drug-likeness (QED) is 0.241. The second-order valence-corrected chi connectivity index (χ2v) is 5.63. The highest BCUT2D eigenvalue weighted by molar-refractivity contribution is 5.78. The fourth-order valence-corrected chi connectivity index (χ4v) is 2.14. The first kappa shape index (κ1) is 24.3. The van der Waals surface area contributed by atoms with E-state index in [1.807, 2.05) is 0 Å². The highest BCUT2D eigenvalue weighted by Gasteiger charge is 1.99. The molecule has 0 radical (unpaired) electrons. The largest absolute Gasteiger partial charge is 0.478 e. The highest BCUT2D eigenvalue weighted by atomic mass is 16.6. The van der Waals surface area contributed by atoms with Gasteiger partial charge < -0.3 is 20.1 Å². The fourth-order valence-electron chi connectivity index (χ4n) is 2.14. The molecule has 0 aliphatic heterocycles. The minimum atomic E-state index is -0.981. The molecule has 0 aliphatic carbocycles. The van der Waals surface area contributed by atoms with Crippen molar-refractivity contribution in [3.05, 3.63) is 12.7 Å². The monoisotopic (exact) mass is 332 g/mol. The van der Waals surface area contributed by atoms with E-state index >= 15 is 0 Å². The predicted molar refractivity (Wildman–Crippen MR) is 93.3 cm³/mol. The lowest BCUT2D eigenvalue weighted by molar-refractivity contribution is -0.131. The summed E-state index contributed by atoms with van der Waals surface area (Å²) < 4.78 is 4.79. The number of rotatable bonds is 15. The van der Waals surface area contributed by atoms with Gasteiger partial charge in [-0.1, -0.05) is 64.4 Å². The minimum Gasteiger partial charge on any atom is -0.478 e. The number of methoxy groups -OCH3 is 1. The number of aliphatic hydroxyl groups is 2. The first-order chi connectivity index (χ1) is 11.1. The molecule has 138 valence electrons. The van der Waals surface area contributed by atoms with Gasteiger partial charge in [-0.05, 0) is 19.3 Å². The maximum absolute atomic E-state index is 9.25. The van der Waals surface area contributed by atoms with Crippen LogP contribution in [0.1, 0.15) is 77.0 Å². The van der Waals surface area contributed by atoms with E-state index in [4.69, 9.17) is 14.9 Å². The van der Waals surface area contributed by atoms with Crippen molar-refractivity contribution < 1.29 is 24.9 Å². The van der Waals surface area contributed by atoms with Crippen LogP contribution in [0.2, 0.25) is 0 Å². The van der Waals surface area contributed by atoms with Gasteiger partial charge in [0.1, 0.15) is 0 Å². The maximum Gasteiger partial charge on any atom is 0.327 e. The Morgan fingerprint density at radius 2 is 1.30 bits per heavy atom. The van der Waals surface area contributed by atoms with E-state index in [9.17, 15) is 9.90 Å². The number of hydrogen-bond acceptors (Lipinski definition) is 4. The average molecular weight is 332 g/mol. The Hall–Kier alpha value is -0.910. The number of carboxylic acid groups (broad SMARTS) is 1. The molecule has 0 bridgehead atoms. The van der Waals surface area contributed by atoms with E-state index < -0.39 is 12.3 Å². The molecule has 0 saturated carbocycles. The lowest BCUT2D eigenvalue weighted by atomic mass is 10.1. The molecule has 0 saturated heterocycles. The summed E-state index contributed by atoms with van der Waals surface area (Å²) in [5.41, 5.74) is 0. The molecule has 0 aromatic carbocycles. The second kappa shape index (κ2) is 21.1. The van der Waals surface area contributed by atoms with Crippen molar-refractivity contribution in [2.45, 2.75) is 83.3 Å². The summed E-state index contributed by atoms with van der Waals surface area (Å²) in [5, 5.41) is 25.4. The van der Waals surface area contributed by atoms with Gasteiger partial charge in [0.25, 0.3) is 0 Å². The molecule has 0 amide bonds. The van der Waals surface area contributed by atoms with Gasteiger partial charge in [-0.25, -0.2) is 4.79 Å². The predicted octanol–water partition coefficient (Wildman–Crippen LogP) is 3.88. The smallest absolute Gasteiger partial charge is 0.327 e. The molecule has 0 heterocycles. The molecule has 5 heteroatoms. The molecule has 1 atom stereocenters. The summed E-state index contributed by atoms with van der Waals surface area (Å²) in [4.78, 5) is 9.25. The van der Waals surface area contributed by atoms with Crippen molar-refractivity contribution in [3.8, 4) is 0 Å². The van der Waals surface area contributed by atoms with Crippen molar-refractivity contribution >= 4 is 5.97 Å². The Kier molecular flexibility index (Phi) is 22.3. The Morgan fingerprint density at radius 1 is 0.957 bits per heavy atom. The van der Waals surface area contributed by atoms with Gasteiger partial charge in [-0.3, -0.25) is 0 Å². The van der Waals surface area contributed by atoms with Gasteiger partial charge >= 0.3 is 5.97 Å². The molecule has 0 aromatic heterocycles. The van der Waals surface area contributed by atoms with Gasteiger partial charge in [0.2, 0.25) is 0 Å². The van der Waals surface area contributed by atoms with Crippen LogP contribution >= 0.6 is 0 Å². The molecular weight excluding hydrogens is 296 g/mol. The van der Waals surface area contributed by atoms with E-state index in [1.165, 1.54) is 57.8 Å². The second-order valence-electron chi connectivity index (χ2n) is 5.63. The zero-order chi connectivity index (χ0) is 17.8. The van der Waals surface area contributed by atoms with Crippen LogP contribution in [0, 0.1) is 0 Å². The Balaban J connectivity index is 0. The number of carboxylic acids is 1. The average Bonchev–Trinajstić information content (AvgIpc) is 2.56. The van der Waals surface area contributed by atoms with Gasteiger partial charge in [0, 0.05) is 19.8 Å². The standard InChI is InChI=1S/C15H32O3.C3H4O2/c1-18-15(17)13-11-9-7-5-3-2-4-6-8-10-12-14-16;1-2-3(4)5/h15-17H,2-14H2,1H3;2H,1H2,(H,4,5). The SMILES string of the molecule is C=CC(=O)O.COC(O)CCCCCCCCCCCCCO. The van der Waals surface area contributed by atoms with Crippen LogP contribution in [0.4, 0.5) is 0 Å². The molecule has 0 fully saturated rings. The van der Waals surface area contributed by atoms with Crippen LogP contribution in [0.5, 0.6) is 0 Å². The molecule has 0 spiro atoms. The number of ether oxygens (including phenoxy) is 1. The molecule has 0 aliphatic rings. The summed E-state index contributed by atoms with van der Waals surface area (Å²) in [6, 6.07) is 0.